The van der Waals surface area contributed by atoms with Crippen LogP contribution in [0.5, 0.6) is 0 Å². The molecule has 0 spiro atoms. The highest BCUT2D eigenvalue weighted by atomic mass is 19.1. The predicted molar refractivity (Wildman–Crippen MR) is 85.8 cm³/mol. The molecule has 0 unspecified atom stereocenters. The summed E-state index contributed by atoms with van der Waals surface area (Å²) >= 11 is 0. The van der Waals surface area contributed by atoms with E-state index in [2.05, 4.69) is 36.0 Å². The quantitative estimate of drug-likeness (QED) is 0.200. The van der Waals surface area contributed by atoms with E-state index < -0.39 is 0 Å². The summed E-state index contributed by atoms with van der Waals surface area (Å²) < 4.78 is 18.0. The van der Waals surface area contributed by atoms with Crippen LogP contribution in [0.1, 0.15) is 29.8 Å². The van der Waals surface area contributed by atoms with Gasteiger partial charge in [-0.3, -0.25) is 4.79 Å². The number of fused-ring (bicyclic) bond motifs is 1. The molecule has 9 nitrogen and oxygen atoms in total. The van der Waals surface area contributed by atoms with Crippen molar-refractivity contribution in [2.75, 3.05) is 18.4 Å². The lowest BCUT2D eigenvalue weighted by Gasteiger charge is -2.31. The fraction of sp³-hybridized carbons (Fsp3) is 0.333. The number of halogens is 1. The third-order valence-corrected chi connectivity index (χ3v) is 3.82. The van der Waals surface area contributed by atoms with Gasteiger partial charge < -0.3 is 21.2 Å². The van der Waals surface area contributed by atoms with Gasteiger partial charge >= 0.3 is 0 Å². The molecule has 0 saturated heterocycles. The van der Waals surface area contributed by atoms with Gasteiger partial charge in [-0.25, -0.2) is 9.02 Å². The van der Waals surface area contributed by atoms with Crippen LogP contribution in [0.15, 0.2) is 28.0 Å². The Bertz CT molecular complexity index is 806. The number of anilines is 1. The minimum atomic E-state index is -0.323. The molecule has 1 heterocycles. The maximum absolute atomic E-state index is 13.4. The molecule has 0 saturated carbocycles. The zero-order valence-corrected chi connectivity index (χ0v) is 13.4. The number of nitrogens with one attached hydrogen (secondary N) is 3. The normalized spacial score (nSPS) is 15.9. The molecular weight excluding hydrogens is 331 g/mol. The topological polar surface area (TPSA) is 125 Å². The minimum absolute atomic E-state index is 0.0585. The summed E-state index contributed by atoms with van der Waals surface area (Å²) in [7, 11) is 0. The number of aromatic nitrogens is 2. The zero-order chi connectivity index (χ0) is 17.8. The summed E-state index contributed by atoms with van der Waals surface area (Å²) in [6, 6.07) is 4.39. The van der Waals surface area contributed by atoms with Crippen LogP contribution in [-0.2, 0) is 11.2 Å². The van der Waals surface area contributed by atoms with Gasteiger partial charge in [0.2, 0.25) is 11.7 Å². The largest absolute Gasteiger partial charge is 0.409 e. The zero-order valence-electron chi connectivity index (χ0n) is 13.4. The van der Waals surface area contributed by atoms with Gasteiger partial charge in [-0.15, -0.1) is 0 Å². The first-order valence-electron chi connectivity index (χ1n) is 7.66. The molecule has 132 valence electrons. The molecule has 1 atom stereocenters. The average Bonchev–Trinajstić information content (AvgIpc) is 3.03. The Morgan fingerprint density at radius 1 is 1.44 bits per heavy atom. The highest BCUT2D eigenvalue weighted by molar-refractivity contribution is 6.00. The van der Waals surface area contributed by atoms with Gasteiger partial charge in [-0.1, -0.05) is 11.2 Å². The number of amidine groups is 1. The van der Waals surface area contributed by atoms with Crippen LogP contribution in [0.2, 0.25) is 0 Å². The lowest BCUT2D eigenvalue weighted by atomic mass is 9.83. The number of rotatable bonds is 6. The Balaban J connectivity index is 1.65. The highest BCUT2D eigenvalue weighted by Crippen LogP contribution is 2.33. The number of nitrogens with zero attached hydrogens (tertiary/aromatic N) is 3. The predicted octanol–water partition coefficient (Wildman–Crippen LogP) is 0.779. The molecule has 1 aromatic carbocycles. The number of carbonyl (C=O) groups excluding carboxylic acids is 1. The van der Waals surface area contributed by atoms with Gasteiger partial charge in [0.25, 0.3) is 0 Å². The van der Waals surface area contributed by atoms with E-state index in [0.717, 1.165) is 11.1 Å². The van der Waals surface area contributed by atoms with Gasteiger partial charge in [0, 0.05) is 20.0 Å². The number of hydrogen-bond acceptors (Lipinski definition) is 7. The molecule has 1 aromatic heterocycles. The Morgan fingerprint density at radius 3 is 3.04 bits per heavy atom. The number of oxime groups is 1. The first-order chi connectivity index (χ1) is 12.1. The SMILES string of the molecule is CC(=O)NCCNc1nonc1/C(=N\O)N[C@H]1Cc2ccc(F)cc21. The van der Waals surface area contributed by atoms with E-state index in [-0.39, 0.29) is 35.1 Å². The number of carbonyl (C=O) groups is 1. The van der Waals surface area contributed by atoms with Gasteiger partial charge in [0.1, 0.15) is 5.82 Å². The van der Waals surface area contributed by atoms with Crippen LogP contribution >= 0.6 is 0 Å². The van der Waals surface area contributed by atoms with E-state index in [1.807, 2.05) is 0 Å². The highest BCUT2D eigenvalue weighted by Gasteiger charge is 2.29. The minimum Gasteiger partial charge on any atom is -0.409 e. The standard InChI is InChI=1S/C15H17FN6O3/c1-8(23)17-4-5-18-14-13(21-25-22-14)15(20-24)19-12-6-9-2-3-10(16)7-11(9)12/h2-3,7,12,24H,4-6H2,1H3,(H,17,23)(H,18,22)(H,19,20)/t12-/m0/s1. The van der Waals surface area contributed by atoms with E-state index in [0.29, 0.717) is 19.5 Å². The molecule has 0 bridgehead atoms. The first kappa shape index (κ1) is 16.7. The summed E-state index contributed by atoms with van der Waals surface area (Å²) in [4.78, 5) is 10.8. The fourth-order valence-corrected chi connectivity index (χ4v) is 2.59. The molecule has 4 N–H and O–H groups in total. The van der Waals surface area contributed by atoms with Gasteiger partial charge in [-0.2, -0.15) is 0 Å². The molecule has 1 aliphatic rings. The van der Waals surface area contributed by atoms with Crippen molar-refractivity contribution < 1.29 is 19.0 Å². The van der Waals surface area contributed by atoms with Crippen molar-refractivity contribution in [1.82, 2.24) is 20.9 Å². The fourth-order valence-electron chi connectivity index (χ4n) is 2.59. The van der Waals surface area contributed by atoms with Crippen LogP contribution in [0.3, 0.4) is 0 Å². The summed E-state index contributed by atoms with van der Waals surface area (Å²) in [6.45, 7) is 2.19. The monoisotopic (exact) mass is 348 g/mol. The van der Waals surface area contributed by atoms with Crippen molar-refractivity contribution >= 4 is 17.6 Å². The molecule has 25 heavy (non-hydrogen) atoms. The van der Waals surface area contributed by atoms with Crippen molar-refractivity contribution in [2.24, 2.45) is 5.16 Å². The maximum atomic E-state index is 13.4. The third kappa shape index (κ3) is 3.67. The number of benzene rings is 1. The second-order valence-electron chi connectivity index (χ2n) is 5.56. The van der Waals surface area contributed by atoms with Crippen LogP contribution in [-0.4, -0.2) is 40.4 Å². The first-order valence-corrected chi connectivity index (χ1v) is 7.66. The van der Waals surface area contributed by atoms with E-state index in [4.69, 9.17) is 0 Å². The Morgan fingerprint density at radius 2 is 2.28 bits per heavy atom. The third-order valence-electron chi connectivity index (χ3n) is 3.82. The van der Waals surface area contributed by atoms with E-state index in [1.165, 1.54) is 19.1 Å². The van der Waals surface area contributed by atoms with Crippen molar-refractivity contribution in [3.05, 3.63) is 40.8 Å². The number of hydrogen-bond donors (Lipinski definition) is 4. The van der Waals surface area contributed by atoms with Crippen molar-refractivity contribution in [3.8, 4) is 0 Å². The lowest BCUT2D eigenvalue weighted by molar-refractivity contribution is -0.118. The second kappa shape index (κ2) is 7.16. The van der Waals surface area contributed by atoms with Gasteiger partial charge in [0.15, 0.2) is 11.5 Å². The van der Waals surface area contributed by atoms with Crippen molar-refractivity contribution in [2.45, 2.75) is 19.4 Å². The summed E-state index contributed by atoms with van der Waals surface area (Å²) in [5.74, 6) is -0.140. The molecule has 10 heteroatoms. The van der Waals surface area contributed by atoms with Gasteiger partial charge in [-0.05, 0) is 40.0 Å². The molecule has 1 aliphatic carbocycles. The Labute approximate surface area is 142 Å². The smallest absolute Gasteiger partial charge is 0.216 e. The molecule has 1 amide bonds. The van der Waals surface area contributed by atoms with Crippen molar-refractivity contribution in [1.29, 1.82) is 0 Å². The molecular formula is C15H17FN6O3. The van der Waals surface area contributed by atoms with E-state index in [1.54, 1.807) is 6.07 Å². The lowest BCUT2D eigenvalue weighted by Crippen LogP contribution is -2.37. The Hall–Kier alpha value is -3.17. The molecule has 0 radical (unpaired) electrons. The van der Waals surface area contributed by atoms with Gasteiger partial charge in [0.05, 0.1) is 6.04 Å². The van der Waals surface area contributed by atoms with Crippen LogP contribution in [0, 0.1) is 5.82 Å². The van der Waals surface area contributed by atoms with E-state index in [9.17, 15) is 14.4 Å². The van der Waals surface area contributed by atoms with Crippen LogP contribution < -0.4 is 16.0 Å². The summed E-state index contributed by atoms with van der Waals surface area (Å²) in [5, 5.41) is 28.5. The molecule has 3 rings (SSSR count). The van der Waals surface area contributed by atoms with Crippen LogP contribution in [0.4, 0.5) is 10.2 Å². The maximum Gasteiger partial charge on any atom is 0.216 e. The summed E-state index contributed by atoms with van der Waals surface area (Å²) in [5.41, 5.74) is 2.02. The summed E-state index contributed by atoms with van der Waals surface area (Å²) in [6.07, 6.45) is 0.672. The molecule has 0 aliphatic heterocycles. The molecule has 0 fully saturated rings. The van der Waals surface area contributed by atoms with E-state index >= 15 is 0 Å². The van der Waals surface area contributed by atoms with Crippen molar-refractivity contribution in [3.63, 3.8) is 0 Å². The second-order valence-corrected chi connectivity index (χ2v) is 5.56. The number of amides is 1. The average molecular weight is 348 g/mol. The van der Waals surface area contributed by atoms with Crippen LogP contribution in [0.25, 0.3) is 0 Å². The molecule has 2 aromatic rings. The Kier molecular flexibility index (Phi) is 4.78.